The maximum Gasteiger partial charge on any atom is 0.133 e. The highest BCUT2D eigenvalue weighted by atomic mass is 79.9. The van der Waals surface area contributed by atoms with Crippen LogP contribution in [0.3, 0.4) is 0 Å². The molecule has 1 aromatic heterocycles. The van der Waals surface area contributed by atoms with Crippen LogP contribution in [0.25, 0.3) is 10.8 Å². The first-order valence-electron chi connectivity index (χ1n) is 5.66. The lowest BCUT2D eigenvalue weighted by Crippen LogP contribution is -2.24. The number of nitrogens with one attached hydrogen (secondary N) is 1. The molecule has 1 unspecified atom stereocenters. The number of pyridine rings is 1. The number of anilines is 1. The number of nitrogens with zero attached hydrogens (tertiary/aromatic N) is 1. The van der Waals surface area contributed by atoms with E-state index in [4.69, 9.17) is 4.74 Å². The van der Waals surface area contributed by atoms with E-state index in [0.717, 1.165) is 21.1 Å². The molecule has 0 fully saturated rings. The fourth-order valence-electron chi connectivity index (χ4n) is 1.78. The van der Waals surface area contributed by atoms with E-state index < -0.39 is 6.10 Å². The molecule has 5 heteroatoms. The SMILES string of the molecule is COCC(O)CNc1nccc2c(Br)cccc12. The van der Waals surface area contributed by atoms with Gasteiger partial charge >= 0.3 is 0 Å². The summed E-state index contributed by atoms with van der Waals surface area (Å²) in [4.78, 5) is 4.30. The molecule has 1 atom stereocenters. The normalized spacial score (nSPS) is 12.6. The van der Waals surface area contributed by atoms with Crippen molar-refractivity contribution in [2.75, 3.05) is 25.6 Å². The van der Waals surface area contributed by atoms with Crippen molar-refractivity contribution >= 4 is 32.5 Å². The molecule has 0 bridgehead atoms. The molecule has 2 aromatic rings. The number of aliphatic hydroxyl groups excluding tert-OH is 1. The molecule has 0 amide bonds. The van der Waals surface area contributed by atoms with Gasteiger partial charge in [0.15, 0.2) is 0 Å². The smallest absolute Gasteiger partial charge is 0.133 e. The molecule has 96 valence electrons. The number of aliphatic hydroxyl groups is 1. The molecule has 2 rings (SSSR count). The summed E-state index contributed by atoms with van der Waals surface area (Å²) in [5.74, 6) is 0.768. The summed E-state index contributed by atoms with van der Waals surface area (Å²) < 4.78 is 5.91. The van der Waals surface area contributed by atoms with Crippen LogP contribution in [-0.2, 0) is 4.74 Å². The zero-order valence-electron chi connectivity index (χ0n) is 10.1. The van der Waals surface area contributed by atoms with Gasteiger partial charge in [0.05, 0.1) is 12.7 Å². The van der Waals surface area contributed by atoms with E-state index in [1.807, 2.05) is 24.3 Å². The third-order valence-electron chi connectivity index (χ3n) is 2.62. The van der Waals surface area contributed by atoms with Crippen LogP contribution in [0.1, 0.15) is 0 Å². The van der Waals surface area contributed by atoms with Gasteiger partial charge < -0.3 is 15.2 Å². The molecular formula is C13H15BrN2O2. The lowest BCUT2D eigenvalue weighted by atomic mass is 10.1. The number of halogens is 1. The lowest BCUT2D eigenvalue weighted by Gasteiger charge is -2.13. The Kier molecular flexibility index (Phi) is 4.52. The first-order chi connectivity index (χ1) is 8.72. The predicted octanol–water partition coefficient (Wildman–Crippen LogP) is 2.42. The highest BCUT2D eigenvalue weighted by Gasteiger charge is 2.07. The average Bonchev–Trinajstić information content (AvgIpc) is 2.37. The molecule has 2 N–H and O–H groups in total. The summed E-state index contributed by atoms with van der Waals surface area (Å²) in [5.41, 5.74) is 0. The standard InChI is InChI=1S/C13H15BrN2O2/c1-18-8-9(17)7-16-13-11-3-2-4-12(14)10(11)5-6-15-13/h2-6,9,17H,7-8H2,1H3,(H,15,16). The number of ether oxygens (including phenoxy) is 1. The lowest BCUT2D eigenvalue weighted by molar-refractivity contribution is 0.0727. The number of hydrogen-bond donors (Lipinski definition) is 2. The van der Waals surface area contributed by atoms with Gasteiger partial charge in [0.1, 0.15) is 5.82 Å². The third kappa shape index (κ3) is 2.98. The Labute approximate surface area is 114 Å². The molecule has 0 aliphatic heterocycles. The quantitative estimate of drug-likeness (QED) is 0.890. The first-order valence-corrected chi connectivity index (χ1v) is 6.45. The Morgan fingerprint density at radius 2 is 2.22 bits per heavy atom. The Hall–Kier alpha value is -1.17. The average molecular weight is 311 g/mol. The van der Waals surface area contributed by atoms with Gasteiger partial charge in [-0.25, -0.2) is 4.98 Å². The second kappa shape index (κ2) is 6.13. The molecule has 0 aliphatic carbocycles. The van der Waals surface area contributed by atoms with Crippen LogP contribution in [0.4, 0.5) is 5.82 Å². The zero-order valence-corrected chi connectivity index (χ0v) is 11.6. The van der Waals surface area contributed by atoms with Crippen LogP contribution in [0.15, 0.2) is 34.9 Å². The maximum absolute atomic E-state index is 9.61. The van der Waals surface area contributed by atoms with Crippen molar-refractivity contribution in [1.29, 1.82) is 0 Å². The molecule has 0 aliphatic rings. The summed E-state index contributed by atoms with van der Waals surface area (Å²) in [6, 6.07) is 7.91. The first kappa shape index (κ1) is 13.3. The Balaban J connectivity index is 2.21. The van der Waals surface area contributed by atoms with Crippen LogP contribution in [0, 0.1) is 0 Å². The van der Waals surface area contributed by atoms with Gasteiger partial charge in [-0.2, -0.15) is 0 Å². The van der Waals surface area contributed by atoms with Gasteiger partial charge in [0, 0.05) is 35.1 Å². The number of hydrogen-bond acceptors (Lipinski definition) is 4. The van der Waals surface area contributed by atoms with E-state index in [0.29, 0.717) is 13.2 Å². The summed E-state index contributed by atoms with van der Waals surface area (Å²) in [6.07, 6.45) is 1.21. The molecule has 1 aromatic carbocycles. The van der Waals surface area contributed by atoms with E-state index in [9.17, 15) is 5.11 Å². The Morgan fingerprint density at radius 3 is 3.00 bits per heavy atom. The molecule has 0 saturated carbocycles. The van der Waals surface area contributed by atoms with Crippen molar-refractivity contribution in [3.05, 3.63) is 34.9 Å². The monoisotopic (exact) mass is 310 g/mol. The van der Waals surface area contributed by atoms with Crippen molar-refractivity contribution in [2.45, 2.75) is 6.10 Å². The molecule has 0 saturated heterocycles. The third-order valence-corrected chi connectivity index (χ3v) is 3.31. The van der Waals surface area contributed by atoms with E-state index in [1.54, 1.807) is 13.3 Å². The van der Waals surface area contributed by atoms with Crippen molar-refractivity contribution in [2.24, 2.45) is 0 Å². The molecular weight excluding hydrogens is 296 g/mol. The van der Waals surface area contributed by atoms with Crippen LogP contribution in [-0.4, -0.2) is 36.5 Å². The van der Waals surface area contributed by atoms with E-state index in [-0.39, 0.29) is 0 Å². The second-order valence-corrected chi connectivity index (χ2v) is 4.84. The second-order valence-electron chi connectivity index (χ2n) is 3.98. The topological polar surface area (TPSA) is 54.4 Å². The van der Waals surface area contributed by atoms with Crippen LogP contribution in [0.5, 0.6) is 0 Å². The summed E-state index contributed by atoms with van der Waals surface area (Å²) in [5, 5.41) is 14.9. The van der Waals surface area contributed by atoms with Gasteiger partial charge in [-0.15, -0.1) is 0 Å². The number of benzene rings is 1. The highest BCUT2D eigenvalue weighted by Crippen LogP contribution is 2.27. The van der Waals surface area contributed by atoms with Crippen LogP contribution >= 0.6 is 15.9 Å². The highest BCUT2D eigenvalue weighted by molar-refractivity contribution is 9.10. The number of fused-ring (bicyclic) bond motifs is 1. The van der Waals surface area contributed by atoms with E-state index in [2.05, 4.69) is 26.2 Å². The van der Waals surface area contributed by atoms with Gasteiger partial charge in [-0.05, 0) is 12.1 Å². The minimum Gasteiger partial charge on any atom is -0.389 e. The fraction of sp³-hybridized carbons (Fsp3) is 0.308. The minimum absolute atomic E-state index is 0.307. The van der Waals surface area contributed by atoms with Gasteiger partial charge in [0.2, 0.25) is 0 Å². The Morgan fingerprint density at radius 1 is 1.39 bits per heavy atom. The predicted molar refractivity (Wildman–Crippen MR) is 75.8 cm³/mol. The number of rotatable bonds is 5. The molecule has 0 spiro atoms. The summed E-state index contributed by atoms with van der Waals surface area (Å²) in [7, 11) is 1.57. The van der Waals surface area contributed by atoms with E-state index in [1.165, 1.54) is 0 Å². The van der Waals surface area contributed by atoms with Crippen molar-refractivity contribution in [1.82, 2.24) is 4.98 Å². The van der Waals surface area contributed by atoms with Crippen molar-refractivity contribution in [3.8, 4) is 0 Å². The maximum atomic E-state index is 9.61. The zero-order chi connectivity index (χ0) is 13.0. The van der Waals surface area contributed by atoms with Crippen LogP contribution < -0.4 is 5.32 Å². The summed E-state index contributed by atoms with van der Waals surface area (Å²) in [6.45, 7) is 0.716. The molecule has 18 heavy (non-hydrogen) atoms. The Bertz CT molecular complexity index is 533. The van der Waals surface area contributed by atoms with Gasteiger partial charge in [-0.3, -0.25) is 0 Å². The van der Waals surface area contributed by atoms with Crippen molar-refractivity contribution < 1.29 is 9.84 Å². The fourth-order valence-corrected chi connectivity index (χ4v) is 2.27. The van der Waals surface area contributed by atoms with Crippen LogP contribution in [0.2, 0.25) is 0 Å². The minimum atomic E-state index is -0.542. The summed E-state index contributed by atoms with van der Waals surface area (Å²) >= 11 is 3.51. The van der Waals surface area contributed by atoms with Gasteiger partial charge in [0.25, 0.3) is 0 Å². The van der Waals surface area contributed by atoms with Crippen molar-refractivity contribution in [3.63, 3.8) is 0 Å². The molecule has 0 radical (unpaired) electrons. The molecule has 4 nitrogen and oxygen atoms in total. The number of aromatic nitrogens is 1. The van der Waals surface area contributed by atoms with E-state index >= 15 is 0 Å². The van der Waals surface area contributed by atoms with Gasteiger partial charge in [-0.1, -0.05) is 28.1 Å². The number of methoxy groups -OCH3 is 1. The largest absolute Gasteiger partial charge is 0.389 e. The molecule has 1 heterocycles.